The second-order valence-electron chi connectivity index (χ2n) is 6.09. The van der Waals surface area contributed by atoms with Crippen LogP contribution in [0, 0.1) is 0 Å². The first kappa shape index (κ1) is 16.2. The van der Waals surface area contributed by atoms with E-state index in [4.69, 9.17) is 0 Å². The number of hydrogen-bond donors (Lipinski definition) is 1. The lowest BCUT2D eigenvalue weighted by Crippen LogP contribution is -2.25. The van der Waals surface area contributed by atoms with Gasteiger partial charge < -0.3 is 10.0 Å². The molecule has 0 aromatic heterocycles. The average Bonchev–Trinajstić information content (AvgIpc) is 3.05. The van der Waals surface area contributed by atoms with Crippen molar-refractivity contribution in [3.05, 3.63) is 60.2 Å². The molecule has 23 heavy (non-hydrogen) atoms. The number of benzene rings is 2. The number of rotatable bonds is 6. The first-order valence-electron chi connectivity index (χ1n) is 8.18. The van der Waals surface area contributed by atoms with Gasteiger partial charge in [0.1, 0.15) is 5.75 Å². The molecule has 4 heteroatoms. The first-order chi connectivity index (χ1) is 11.2. The summed E-state index contributed by atoms with van der Waals surface area (Å²) < 4.78 is 12.6. The van der Waals surface area contributed by atoms with E-state index in [1.807, 2.05) is 6.07 Å². The Kier molecular flexibility index (Phi) is 5.47. The zero-order chi connectivity index (χ0) is 16.1. The standard InChI is InChI=1S/C19H23NO2S/c21-17-8-10-18(11-9-17)23(22)19-12-14-20(15-19)13-4-7-16-5-2-1-3-6-16/h1-3,5-6,8-11,19,21H,4,7,12-15H2. The van der Waals surface area contributed by atoms with Crippen molar-refractivity contribution in [2.75, 3.05) is 19.6 Å². The van der Waals surface area contributed by atoms with Gasteiger partial charge in [0.2, 0.25) is 0 Å². The lowest BCUT2D eigenvalue weighted by molar-refractivity contribution is 0.334. The second-order valence-corrected chi connectivity index (χ2v) is 7.82. The molecule has 1 aliphatic heterocycles. The minimum atomic E-state index is -0.982. The van der Waals surface area contributed by atoms with Gasteiger partial charge in [0.15, 0.2) is 0 Å². The number of hydrogen-bond acceptors (Lipinski definition) is 3. The van der Waals surface area contributed by atoms with Crippen LogP contribution < -0.4 is 0 Å². The van der Waals surface area contributed by atoms with Crippen LogP contribution in [-0.2, 0) is 17.2 Å². The topological polar surface area (TPSA) is 40.5 Å². The summed E-state index contributed by atoms with van der Waals surface area (Å²) in [5, 5.41) is 9.53. The maximum Gasteiger partial charge on any atom is 0.115 e. The van der Waals surface area contributed by atoms with Crippen molar-refractivity contribution < 1.29 is 9.32 Å². The molecule has 0 radical (unpaired) electrons. The molecule has 1 fully saturated rings. The summed E-state index contributed by atoms with van der Waals surface area (Å²) in [6, 6.07) is 17.3. The number of phenolic OH excluding ortho intramolecular Hbond substituents is 1. The van der Waals surface area contributed by atoms with E-state index >= 15 is 0 Å². The summed E-state index contributed by atoms with van der Waals surface area (Å²) in [5.41, 5.74) is 1.39. The van der Waals surface area contributed by atoms with E-state index in [-0.39, 0.29) is 11.0 Å². The molecule has 122 valence electrons. The zero-order valence-corrected chi connectivity index (χ0v) is 14.0. The highest BCUT2D eigenvalue weighted by atomic mass is 32.2. The van der Waals surface area contributed by atoms with Gasteiger partial charge in [-0.1, -0.05) is 30.3 Å². The molecule has 2 aromatic carbocycles. The lowest BCUT2D eigenvalue weighted by atomic mass is 10.1. The quantitative estimate of drug-likeness (QED) is 0.885. The summed E-state index contributed by atoms with van der Waals surface area (Å²) in [6.07, 6.45) is 3.23. The number of nitrogens with zero attached hydrogens (tertiary/aromatic N) is 1. The fraction of sp³-hybridized carbons (Fsp3) is 0.368. The molecule has 2 unspecified atom stereocenters. The van der Waals surface area contributed by atoms with Gasteiger partial charge in [-0.2, -0.15) is 0 Å². The maximum atomic E-state index is 12.6. The van der Waals surface area contributed by atoms with Gasteiger partial charge in [-0.05, 0) is 62.2 Å². The third-order valence-corrected chi connectivity index (χ3v) is 6.11. The Hall–Kier alpha value is -1.65. The van der Waals surface area contributed by atoms with Crippen molar-refractivity contribution in [1.82, 2.24) is 4.90 Å². The maximum absolute atomic E-state index is 12.6. The summed E-state index contributed by atoms with van der Waals surface area (Å²) in [4.78, 5) is 3.24. The molecule has 1 N–H and O–H groups in total. The minimum absolute atomic E-state index is 0.205. The van der Waals surface area contributed by atoms with E-state index in [9.17, 15) is 9.32 Å². The normalized spacial score (nSPS) is 19.7. The molecule has 2 atom stereocenters. The highest BCUT2D eigenvalue weighted by Gasteiger charge is 2.27. The Balaban J connectivity index is 1.46. The Morgan fingerprint density at radius 1 is 1.09 bits per heavy atom. The van der Waals surface area contributed by atoms with Crippen molar-refractivity contribution >= 4 is 10.8 Å². The third-order valence-electron chi connectivity index (χ3n) is 4.38. The van der Waals surface area contributed by atoms with E-state index < -0.39 is 10.8 Å². The highest BCUT2D eigenvalue weighted by molar-refractivity contribution is 7.85. The highest BCUT2D eigenvalue weighted by Crippen LogP contribution is 2.22. The number of aryl methyl sites for hydroxylation is 1. The van der Waals surface area contributed by atoms with Crippen LogP contribution in [0.4, 0.5) is 0 Å². The Morgan fingerprint density at radius 3 is 2.57 bits per heavy atom. The van der Waals surface area contributed by atoms with Crippen LogP contribution in [0.25, 0.3) is 0 Å². The van der Waals surface area contributed by atoms with Gasteiger partial charge in [-0.25, -0.2) is 0 Å². The Morgan fingerprint density at radius 2 is 1.83 bits per heavy atom. The summed E-state index contributed by atoms with van der Waals surface area (Å²) in [6.45, 7) is 3.00. The molecular weight excluding hydrogens is 306 g/mol. The molecule has 3 rings (SSSR count). The molecule has 0 amide bonds. The van der Waals surface area contributed by atoms with E-state index in [2.05, 4.69) is 29.2 Å². The minimum Gasteiger partial charge on any atom is -0.508 e. The largest absolute Gasteiger partial charge is 0.508 e. The molecule has 3 nitrogen and oxygen atoms in total. The van der Waals surface area contributed by atoms with Crippen molar-refractivity contribution in [2.45, 2.75) is 29.4 Å². The van der Waals surface area contributed by atoms with Crippen LogP contribution >= 0.6 is 0 Å². The number of phenols is 1. The summed E-state index contributed by atoms with van der Waals surface area (Å²) in [7, 11) is -0.982. The molecule has 1 heterocycles. The van der Waals surface area contributed by atoms with Crippen LogP contribution in [0.3, 0.4) is 0 Å². The summed E-state index contributed by atoms with van der Waals surface area (Å²) >= 11 is 0. The Labute approximate surface area is 140 Å². The smallest absolute Gasteiger partial charge is 0.115 e. The van der Waals surface area contributed by atoms with Gasteiger partial charge in [-0.3, -0.25) is 4.21 Å². The molecule has 2 aromatic rings. The molecule has 1 aliphatic rings. The van der Waals surface area contributed by atoms with Gasteiger partial charge >= 0.3 is 0 Å². The second kappa shape index (κ2) is 7.75. The monoisotopic (exact) mass is 329 g/mol. The molecule has 0 bridgehead atoms. The van der Waals surface area contributed by atoms with E-state index in [0.29, 0.717) is 0 Å². The Bertz CT molecular complexity index is 642. The van der Waals surface area contributed by atoms with Crippen LogP contribution in [0.5, 0.6) is 5.75 Å². The van der Waals surface area contributed by atoms with Crippen molar-refractivity contribution in [1.29, 1.82) is 0 Å². The SMILES string of the molecule is O=S(c1ccc(O)cc1)C1CCN(CCCc2ccccc2)C1. The van der Waals surface area contributed by atoms with E-state index in [1.165, 1.54) is 5.56 Å². The fourth-order valence-corrected chi connectivity index (χ4v) is 4.55. The zero-order valence-electron chi connectivity index (χ0n) is 13.2. The van der Waals surface area contributed by atoms with E-state index in [1.54, 1.807) is 24.3 Å². The van der Waals surface area contributed by atoms with Crippen molar-refractivity contribution in [3.63, 3.8) is 0 Å². The first-order valence-corrected chi connectivity index (χ1v) is 9.39. The molecule has 0 saturated carbocycles. The number of likely N-dealkylation sites (tertiary alicyclic amines) is 1. The van der Waals surface area contributed by atoms with Gasteiger partial charge in [-0.15, -0.1) is 0 Å². The average molecular weight is 329 g/mol. The molecule has 0 spiro atoms. The third kappa shape index (κ3) is 4.43. The molecular formula is C19H23NO2S. The van der Waals surface area contributed by atoms with Gasteiger partial charge in [0.25, 0.3) is 0 Å². The van der Waals surface area contributed by atoms with Crippen LogP contribution in [0.1, 0.15) is 18.4 Å². The number of aromatic hydroxyl groups is 1. The van der Waals surface area contributed by atoms with Crippen LogP contribution in [0.15, 0.2) is 59.5 Å². The van der Waals surface area contributed by atoms with Gasteiger partial charge in [0, 0.05) is 11.4 Å². The van der Waals surface area contributed by atoms with E-state index in [0.717, 1.165) is 43.8 Å². The van der Waals surface area contributed by atoms with Crippen molar-refractivity contribution in [3.8, 4) is 5.75 Å². The van der Waals surface area contributed by atoms with Crippen LogP contribution in [-0.4, -0.2) is 39.1 Å². The fourth-order valence-electron chi connectivity index (χ4n) is 3.10. The van der Waals surface area contributed by atoms with Crippen LogP contribution in [0.2, 0.25) is 0 Å². The van der Waals surface area contributed by atoms with Gasteiger partial charge in [0.05, 0.1) is 16.0 Å². The predicted octanol–water partition coefficient (Wildman–Crippen LogP) is 3.21. The lowest BCUT2D eigenvalue weighted by Gasteiger charge is -2.15. The predicted molar refractivity (Wildman–Crippen MR) is 94.1 cm³/mol. The molecule has 0 aliphatic carbocycles. The van der Waals surface area contributed by atoms with Crippen molar-refractivity contribution in [2.24, 2.45) is 0 Å². The summed E-state index contributed by atoms with van der Waals surface area (Å²) in [5.74, 6) is 0.222. The molecule has 1 saturated heterocycles.